The third-order valence-corrected chi connectivity index (χ3v) is 3.37. The molecule has 1 N–H and O–H groups in total. The van der Waals surface area contributed by atoms with E-state index in [1.54, 1.807) is 12.1 Å². The van der Waals surface area contributed by atoms with Gasteiger partial charge in [0.2, 0.25) is 0 Å². The van der Waals surface area contributed by atoms with Crippen molar-refractivity contribution < 1.29 is 14.7 Å². The van der Waals surface area contributed by atoms with Crippen LogP contribution in [0.3, 0.4) is 0 Å². The average molecular weight is 271 g/mol. The normalized spacial score (nSPS) is 14.3. The summed E-state index contributed by atoms with van der Waals surface area (Å²) < 4.78 is -1.51. The first-order valence-electron chi connectivity index (χ1n) is 4.44. The highest BCUT2D eigenvalue weighted by Crippen LogP contribution is 2.25. The van der Waals surface area contributed by atoms with Gasteiger partial charge in [0.15, 0.2) is 10.1 Å². The summed E-state index contributed by atoms with van der Waals surface area (Å²) >= 11 is 3.00. The van der Waals surface area contributed by atoms with Crippen LogP contribution in [0.1, 0.15) is 12.5 Å². The topological polar surface area (TPSA) is 54.4 Å². The Bertz CT molecular complexity index is 359. The molecule has 0 aromatic heterocycles. The molecule has 15 heavy (non-hydrogen) atoms. The molecule has 0 aliphatic rings. The summed E-state index contributed by atoms with van der Waals surface area (Å²) in [7, 11) is 0. The fraction of sp³-hybridized carbons (Fsp3) is 0.273. The summed E-state index contributed by atoms with van der Waals surface area (Å²) in [4.78, 5) is 22.3. The van der Waals surface area contributed by atoms with E-state index in [0.29, 0.717) is 0 Å². The van der Waals surface area contributed by atoms with Crippen molar-refractivity contribution in [2.45, 2.75) is 17.7 Å². The second-order valence-electron chi connectivity index (χ2n) is 3.32. The van der Waals surface area contributed by atoms with E-state index in [-0.39, 0.29) is 6.42 Å². The molecule has 0 spiro atoms. The minimum atomic E-state index is -1.51. The van der Waals surface area contributed by atoms with Crippen LogP contribution in [-0.2, 0) is 16.0 Å². The number of ketones is 1. The highest BCUT2D eigenvalue weighted by atomic mass is 79.9. The van der Waals surface area contributed by atoms with E-state index in [1.165, 1.54) is 6.92 Å². The first kappa shape index (κ1) is 11.9. The highest BCUT2D eigenvalue weighted by Gasteiger charge is 2.40. The minimum Gasteiger partial charge on any atom is -0.480 e. The zero-order valence-electron chi connectivity index (χ0n) is 8.24. The smallest absolute Gasteiger partial charge is 0.328 e. The number of hydrogen-bond acceptors (Lipinski definition) is 2. The van der Waals surface area contributed by atoms with Crippen LogP contribution >= 0.6 is 15.9 Å². The molecule has 1 aromatic carbocycles. The number of benzene rings is 1. The van der Waals surface area contributed by atoms with Crippen molar-refractivity contribution in [1.29, 1.82) is 0 Å². The number of carbonyl (C=O) groups is 2. The lowest BCUT2D eigenvalue weighted by Crippen LogP contribution is -2.41. The Labute approximate surface area is 96.2 Å². The molecule has 3 nitrogen and oxygen atoms in total. The second kappa shape index (κ2) is 4.57. The molecular weight excluding hydrogens is 260 g/mol. The Kier molecular flexibility index (Phi) is 3.63. The Hall–Kier alpha value is -1.16. The van der Waals surface area contributed by atoms with Crippen LogP contribution in [0.2, 0.25) is 0 Å². The average Bonchev–Trinajstić information content (AvgIpc) is 2.18. The van der Waals surface area contributed by atoms with Crippen LogP contribution in [0.4, 0.5) is 0 Å². The van der Waals surface area contributed by atoms with E-state index in [4.69, 9.17) is 5.11 Å². The summed E-state index contributed by atoms with van der Waals surface area (Å²) in [6, 6.07) is 9.05. The van der Waals surface area contributed by atoms with E-state index < -0.39 is 16.1 Å². The molecule has 0 bridgehead atoms. The van der Waals surface area contributed by atoms with Crippen LogP contribution in [0.15, 0.2) is 30.3 Å². The molecule has 0 saturated heterocycles. The van der Waals surface area contributed by atoms with Crippen LogP contribution in [-0.4, -0.2) is 21.2 Å². The second-order valence-corrected chi connectivity index (χ2v) is 4.68. The van der Waals surface area contributed by atoms with Crippen molar-refractivity contribution in [3.8, 4) is 0 Å². The zero-order valence-corrected chi connectivity index (χ0v) is 9.82. The molecule has 0 aliphatic carbocycles. The molecule has 1 atom stereocenters. The molecule has 0 aliphatic heterocycles. The van der Waals surface area contributed by atoms with Gasteiger partial charge >= 0.3 is 5.97 Å². The van der Waals surface area contributed by atoms with E-state index in [2.05, 4.69) is 15.9 Å². The zero-order chi connectivity index (χ0) is 11.5. The molecular formula is C11H11BrO3. The molecule has 0 fully saturated rings. The third kappa shape index (κ3) is 2.65. The summed E-state index contributed by atoms with van der Waals surface area (Å²) in [6.07, 6.45) is 0.151. The fourth-order valence-electron chi connectivity index (χ4n) is 1.23. The maximum atomic E-state index is 11.3. The summed E-state index contributed by atoms with van der Waals surface area (Å²) in [5, 5.41) is 9.00. The molecule has 1 unspecified atom stereocenters. The van der Waals surface area contributed by atoms with Gasteiger partial charge in [-0.3, -0.25) is 9.59 Å². The van der Waals surface area contributed by atoms with E-state index in [1.807, 2.05) is 18.2 Å². The maximum Gasteiger partial charge on any atom is 0.328 e. The van der Waals surface area contributed by atoms with E-state index in [0.717, 1.165) is 5.56 Å². The van der Waals surface area contributed by atoms with Crippen molar-refractivity contribution >= 4 is 27.7 Å². The van der Waals surface area contributed by atoms with Crippen LogP contribution in [0, 0.1) is 0 Å². The molecule has 0 saturated carbocycles. The van der Waals surface area contributed by atoms with Gasteiger partial charge in [-0.05, 0) is 12.5 Å². The lowest BCUT2D eigenvalue weighted by Gasteiger charge is -2.19. The van der Waals surface area contributed by atoms with Crippen molar-refractivity contribution in [3.05, 3.63) is 35.9 Å². The van der Waals surface area contributed by atoms with Gasteiger partial charge in [0.05, 0.1) is 0 Å². The number of carbonyl (C=O) groups excluding carboxylic acids is 1. The number of hydrogen-bond donors (Lipinski definition) is 1. The summed E-state index contributed by atoms with van der Waals surface area (Å²) in [6.45, 7) is 1.27. The number of carboxylic acids is 1. The van der Waals surface area contributed by atoms with Crippen LogP contribution in [0.5, 0.6) is 0 Å². The Morgan fingerprint density at radius 1 is 1.33 bits per heavy atom. The molecule has 1 rings (SSSR count). The number of carboxylic acid groups (broad SMARTS) is 1. The molecule has 0 heterocycles. The first-order chi connectivity index (χ1) is 6.97. The number of rotatable bonds is 4. The van der Waals surface area contributed by atoms with Crippen LogP contribution < -0.4 is 0 Å². The molecule has 0 amide bonds. The Morgan fingerprint density at radius 3 is 2.27 bits per heavy atom. The third-order valence-electron chi connectivity index (χ3n) is 2.19. The maximum absolute atomic E-state index is 11.3. The van der Waals surface area contributed by atoms with Gasteiger partial charge in [-0.15, -0.1) is 0 Å². The lowest BCUT2D eigenvalue weighted by atomic mass is 9.96. The number of Topliss-reactive ketones (excluding diaryl/α,β-unsaturated/α-hetero) is 1. The Balaban J connectivity index is 2.95. The molecule has 80 valence electrons. The first-order valence-corrected chi connectivity index (χ1v) is 5.23. The largest absolute Gasteiger partial charge is 0.480 e. The lowest BCUT2D eigenvalue weighted by molar-refractivity contribution is -0.143. The van der Waals surface area contributed by atoms with E-state index in [9.17, 15) is 9.59 Å². The van der Waals surface area contributed by atoms with Gasteiger partial charge in [-0.1, -0.05) is 46.3 Å². The quantitative estimate of drug-likeness (QED) is 0.673. The highest BCUT2D eigenvalue weighted by molar-refractivity contribution is 9.10. The van der Waals surface area contributed by atoms with Gasteiger partial charge < -0.3 is 5.11 Å². The van der Waals surface area contributed by atoms with Gasteiger partial charge in [0, 0.05) is 6.42 Å². The van der Waals surface area contributed by atoms with Gasteiger partial charge in [0.1, 0.15) is 0 Å². The Morgan fingerprint density at radius 2 is 1.87 bits per heavy atom. The van der Waals surface area contributed by atoms with Crippen molar-refractivity contribution in [1.82, 2.24) is 0 Å². The van der Waals surface area contributed by atoms with Gasteiger partial charge in [0.25, 0.3) is 0 Å². The fourth-order valence-corrected chi connectivity index (χ4v) is 1.55. The molecule has 0 radical (unpaired) electrons. The predicted molar refractivity (Wildman–Crippen MR) is 60.1 cm³/mol. The standard InChI is InChI=1S/C11H11BrO3/c1-8(13)11(12,10(14)15)7-9-5-3-2-4-6-9/h2-6H,7H2,1H3,(H,14,15). The summed E-state index contributed by atoms with van der Waals surface area (Å²) in [5.74, 6) is -1.56. The minimum absolute atomic E-state index is 0.151. The van der Waals surface area contributed by atoms with E-state index >= 15 is 0 Å². The number of halogens is 1. The van der Waals surface area contributed by atoms with Gasteiger partial charge in [-0.25, -0.2) is 0 Å². The van der Waals surface area contributed by atoms with Crippen molar-refractivity contribution in [2.24, 2.45) is 0 Å². The summed E-state index contributed by atoms with van der Waals surface area (Å²) in [5.41, 5.74) is 0.812. The number of alkyl halides is 1. The molecule has 1 aromatic rings. The SMILES string of the molecule is CC(=O)C(Br)(Cc1ccccc1)C(=O)O. The van der Waals surface area contributed by atoms with Crippen molar-refractivity contribution in [3.63, 3.8) is 0 Å². The molecule has 4 heteroatoms. The van der Waals surface area contributed by atoms with Gasteiger partial charge in [-0.2, -0.15) is 0 Å². The van der Waals surface area contributed by atoms with Crippen molar-refractivity contribution in [2.75, 3.05) is 0 Å². The predicted octanol–water partition coefficient (Wildman–Crippen LogP) is 2.04. The van der Waals surface area contributed by atoms with Crippen LogP contribution in [0.25, 0.3) is 0 Å². The monoisotopic (exact) mass is 270 g/mol. The number of aliphatic carboxylic acids is 1.